The van der Waals surface area contributed by atoms with Gasteiger partial charge in [0.2, 0.25) is 11.8 Å². The normalized spacial score (nSPS) is 19.0. The van der Waals surface area contributed by atoms with Gasteiger partial charge in [0.15, 0.2) is 0 Å². The van der Waals surface area contributed by atoms with Crippen molar-refractivity contribution in [1.29, 1.82) is 0 Å². The number of piperazine rings is 1. The van der Waals surface area contributed by atoms with Crippen LogP contribution in [0.3, 0.4) is 0 Å². The number of hydrogen-bond donors (Lipinski definition) is 0. The monoisotopic (exact) mass is 423 g/mol. The van der Waals surface area contributed by atoms with E-state index in [0.717, 1.165) is 11.5 Å². The van der Waals surface area contributed by atoms with E-state index in [4.69, 9.17) is 4.74 Å². The van der Waals surface area contributed by atoms with Crippen LogP contribution >= 0.6 is 0 Å². The van der Waals surface area contributed by atoms with Crippen molar-refractivity contribution >= 4 is 29.3 Å². The van der Waals surface area contributed by atoms with Crippen LogP contribution in [0.25, 0.3) is 0 Å². The topological polar surface area (TPSA) is 95.9 Å². The Hall–Kier alpha value is -3.49. The predicted molar refractivity (Wildman–Crippen MR) is 114 cm³/mol. The molecule has 162 valence electrons. The molecule has 0 radical (unpaired) electrons. The van der Waals surface area contributed by atoms with Crippen molar-refractivity contribution in [3.8, 4) is 0 Å². The van der Waals surface area contributed by atoms with Gasteiger partial charge in [0.1, 0.15) is 12.1 Å². The van der Waals surface area contributed by atoms with Crippen LogP contribution < -0.4 is 9.80 Å². The van der Waals surface area contributed by atoms with Gasteiger partial charge in [0.25, 0.3) is 0 Å². The summed E-state index contributed by atoms with van der Waals surface area (Å²) in [4.78, 5) is 51.8. The molecule has 4 rings (SSSR count). The Kier molecular flexibility index (Phi) is 5.83. The molecule has 1 aromatic carbocycles. The Labute approximate surface area is 180 Å². The van der Waals surface area contributed by atoms with Gasteiger partial charge in [-0.3, -0.25) is 9.59 Å². The second-order valence-electron chi connectivity index (χ2n) is 7.74. The fourth-order valence-corrected chi connectivity index (χ4v) is 4.12. The minimum absolute atomic E-state index is 0.0232. The number of esters is 1. The van der Waals surface area contributed by atoms with E-state index in [9.17, 15) is 14.4 Å². The lowest BCUT2D eigenvalue weighted by Crippen LogP contribution is -2.51. The molecule has 2 fully saturated rings. The molecule has 2 aliphatic heterocycles. The average molecular weight is 423 g/mol. The number of methoxy groups -OCH3 is 1. The number of carbonyl (C=O) groups excluding carboxylic acids is 3. The van der Waals surface area contributed by atoms with Crippen molar-refractivity contribution in [2.45, 2.75) is 13.3 Å². The van der Waals surface area contributed by atoms with E-state index in [1.54, 1.807) is 30.6 Å². The molecule has 31 heavy (non-hydrogen) atoms. The van der Waals surface area contributed by atoms with Gasteiger partial charge in [-0.25, -0.2) is 14.8 Å². The van der Waals surface area contributed by atoms with E-state index >= 15 is 0 Å². The lowest BCUT2D eigenvalue weighted by atomic mass is 10.1. The summed E-state index contributed by atoms with van der Waals surface area (Å²) in [5, 5.41) is 0. The first kappa shape index (κ1) is 20.8. The van der Waals surface area contributed by atoms with E-state index in [-0.39, 0.29) is 24.8 Å². The summed E-state index contributed by atoms with van der Waals surface area (Å²) in [5.74, 6) is -0.253. The highest BCUT2D eigenvalue weighted by Crippen LogP contribution is 2.30. The van der Waals surface area contributed by atoms with Crippen LogP contribution in [-0.2, 0) is 14.3 Å². The zero-order valence-electron chi connectivity index (χ0n) is 17.7. The zero-order chi connectivity index (χ0) is 22.0. The first-order valence-corrected chi connectivity index (χ1v) is 10.3. The summed E-state index contributed by atoms with van der Waals surface area (Å²) in [7, 11) is 1.31. The number of aromatic nitrogens is 2. The Bertz CT molecular complexity index is 1000. The number of carbonyl (C=O) groups is 3. The average Bonchev–Trinajstić information content (AvgIpc) is 3.19. The fraction of sp³-hybridized carbons (Fsp3) is 0.409. The molecule has 2 aliphatic rings. The van der Waals surface area contributed by atoms with Crippen LogP contribution in [0.4, 0.5) is 11.5 Å². The largest absolute Gasteiger partial charge is 0.465 e. The molecule has 1 aromatic heterocycles. The summed E-state index contributed by atoms with van der Waals surface area (Å²) in [6, 6.07) is 8.75. The highest BCUT2D eigenvalue weighted by Gasteiger charge is 2.39. The molecule has 0 bridgehead atoms. The van der Waals surface area contributed by atoms with Gasteiger partial charge in [-0.1, -0.05) is 12.1 Å². The molecule has 0 spiro atoms. The van der Waals surface area contributed by atoms with Gasteiger partial charge in [0, 0.05) is 50.9 Å². The SMILES string of the molecule is COC(=O)c1ccccc1N1CC(C(=O)N2CCN(c3cc(C)ncn3)CC2)CC1=O. The number of benzene rings is 1. The molecular weight excluding hydrogens is 398 g/mol. The number of rotatable bonds is 4. The highest BCUT2D eigenvalue weighted by atomic mass is 16.5. The molecule has 0 aliphatic carbocycles. The third-order valence-corrected chi connectivity index (χ3v) is 5.78. The maximum atomic E-state index is 13.1. The zero-order valence-corrected chi connectivity index (χ0v) is 17.7. The van der Waals surface area contributed by atoms with Gasteiger partial charge >= 0.3 is 5.97 Å². The standard InChI is InChI=1S/C22H25N5O4/c1-15-11-19(24-14-23-15)25-7-9-26(10-8-25)21(29)16-12-20(28)27(13-16)18-6-4-3-5-17(18)22(30)31-2/h3-6,11,14,16H,7-10,12-13H2,1-2H3. The summed E-state index contributed by atoms with van der Waals surface area (Å²) in [5.41, 5.74) is 1.71. The van der Waals surface area contributed by atoms with E-state index in [1.165, 1.54) is 12.0 Å². The maximum Gasteiger partial charge on any atom is 0.339 e. The number of para-hydroxylation sites is 1. The van der Waals surface area contributed by atoms with E-state index in [2.05, 4.69) is 14.9 Å². The number of hydrogen-bond acceptors (Lipinski definition) is 7. The van der Waals surface area contributed by atoms with Crippen LogP contribution in [0.5, 0.6) is 0 Å². The number of nitrogens with zero attached hydrogens (tertiary/aromatic N) is 5. The molecular formula is C22H25N5O4. The molecule has 1 unspecified atom stereocenters. The Morgan fingerprint density at radius 3 is 2.55 bits per heavy atom. The fourth-order valence-electron chi connectivity index (χ4n) is 4.12. The van der Waals surface area contributed by atoms with Gasteiger partial charge in [0.05, 0.1) is 24.3 Å². The molecule has 0 N–H and O–H groups in total. The van der Waals surface area contributed by atoms with Crippen molar-refractivity contribution < 1.29 is 19.1 Å². The lowest BCUT2D eigenvalue weighted by Gasteiger charge is -2.36. The second-order valence-corrected chi connectivity index (χ2v) is 7.74. The first-order valence-electron chi connectivity index (χ1n) is 10.3. The van der Waals surface area contributed by atoms with Gasteiger partial charge in [-0.05, 0) is 19.1 Å². The Balaban J connectivity index is 1.41. The number of anilines is 2. The minimum atomic E-state index is -0.505. The molecule has 2 saturated heterocycles. The summed E-state index contributed by atoms with van der Waals surface area (Å²) in [6.45, 7) is 4.69. The van der Waals surface area contributed by atoms with Crippen molar-refractivity contribution in [3.63, 3.8) is 0 Å². The first-order chi connectivity index (χ1) is 15.0. The number of amides is 2. The summed E-state index contributed by atoms with van der Waals surface area (Å²) < 4.78 is 4.83. The summed E-state index contributed by atoms with van der Waals surface area (Å²) in [6.07, 6.45) is 1.69. The predicted octanol–water partition coefficient (Wildman–Crippen LogP) is 1.27. The van der Waals surface area contributed by atoms with Crippen LogP contribution in [0.1, 0.15) is 22.5 Å². The van der Waals surface area contributed by atoms with Crippen molar-refractivity contribution in [2.24, 2.45) is 5.92 Å². The molecule has 0 saturated carbocycles. The Morgan fingerprint density at radius 2 is 1.84 bits per heavy atom. The molecule has 2 aromatic rings. The highest BCUT2D eigenvalue weighted by molar-refractivity contribution is 6.05. The quantitative estimate of drug-likeness (QED) is 0.684. The number of aryl methyl sites for hydroxylation is 1. The van der Waals surface area contributed by atoms with Crippen molar-refractivity contribution in [3.05, 3.63) is 47.9 Å². The van der Waals surface area contributed by atoms with Gasteiger partial charge < -0.3 is 19.4 Å². The molecule has 9 heteroatoms. The van der Waals surface area contributed by atoms with Gasteiger partial charge in [-0.2, -0.15) is 0 Å². The lowest BCUT2D eigenvalue weighted by molar-refractivity contribution is -0.136. The molecule has 1 atom stereocenters. The molecule has 9 nitrogen and oxygen atoms in total. The number of ether oxygens (including phenoxy) is 1. The third kappa shape index (κ3) is 4.21. The minimum Gasteiger partial charge on any atom is -0.465 e. The maximum absolute atomic E-state index is 13.1. The van der Waals surface area contributed by atoms with E-state index < -0.39 is 11.9 Å². The molecule has 3 heterocycles. The van der Waals surface area contributed by atoms with E-state index in [1.807, 2.05) is 17.9 Å². The van der Waals surface area contributed by atoms with Crippen LogP contribution in [0.2, 0.25) is 0 Å². The van der Waals surface area contributed by atoms with Crippen LogP contribution in [-0.4, -0.2) is 72.5 Å². The van der Waals surface area contributed by atoms with Crippen molar-refractivity contribution in [1.82, 2.24) is 14.9 Å². The van der Waals surface area contributed by atoms with E-state index in [0.29, 0.717) is 37.4 Å². The van der Waals surface area contributed by atoms with Gasteiger partial charge in [-0.15, -0.1) is 0 Å². The van der Waals surface area contributed by atoms with Crippen LogP contribution in [0, 0.1) is 12.8 Å². The Morgan fingerprint density at radius 1 is 1.10 bits per heavy atom. The smallest absolute Gasteiger partial charge is 0.339 e. The third-order valence-electron chi connectivity index (χ3n) is 5.78. The summed E-state index contributed by atoms with van der Waals surface area (Å²) >= 11 is 0. The molecule has 2 amide bonds. The second kappa shape index (κ2) is 8.71. The van der Waals surface area contributed by atoms with Crippen molar-refractivity contribution in [2.75, 3.05) is 49.6 Å². The van der Waals surface area contributed by atoms with Crippen LogP contribution in [0.15, 0.2) is 36.7 Å².